The quantitative estimate of drug-likeness (QED) is 0.789. The molecule has 0 aromatic heterocycles. The Morgan fingerprint density at radius 3 is 2.76 bits per heavy atom. The molecule has 1 heterocycles. The monoisotopic (exact) mass is 232 g/mol. The number of hydrogen-bond donors (Lipinski definition) is 1. The summed E-state index contributed by atoms with van der Waals surface area (Å²) in [5.74, 6) is -0.327. The smallest absolute Gasteiger partial charge is 0.260 e. The van der Waals surface area contributed by atoms with Crippen molar-refractivity contribution < 1.29 is 9.59 Å². The van der Waals surface area contributed by atoms with Crippen molar-refractivity contribution in [2.75, 3.05) is 6.54 Å². The third-order valence-corrected chi connectivity index (χ3v) is 2.94. The van der Waals surface area contributed by atoms with Gasteiger partial charge in [-0.15, -0.1) is 0 Å². The molecule has 0 aliphatic carbocycles. The number of amides is 2. The molecule has 0 saturated carbocycles. The third-order valence-electron chi connectivity index (χ3n) is 2.94. The van der Waals surface area contributed by atoms with E-state index in [1.807, 2.05) is 25.1 Å². The topological polar surface area (TPSA) is 63.4 Å². The summed E-state index contributed by atoms with van der Waals surface area (Å²) in [5, 5.41) is 0. The molecule has 4 heteroatoms. The average molecular weight is 232 g/mol. The lowest BCUT2D eigenvalue weighted by molar-refractivity contribution is -0.128. The van der Waals surface area contributed by atoms with Crippen LogP contribution in [0.1, 0.15) is 29.3 Å². The Balaban J connectivity index is 2.21. The van der Waals surface area contributed by atoms with E-state index in [0.717, 1.165) is 5.56 Å². The minimum absolute atomic E-state index is 0.00669. The zero-order valence-electron chi connectivity index (χ0n) is 9.85. The van der Waals surface area contributed by atoms with Crippen LogP contribution in [-0.4, -0.2) is 29.3 Å². The van der Waals surface area contributed by atoms with E-state index >= 15 is 0 Å². The second-order valence-corrected chi connectivity index (χ2v) is 4.45. The first-order valence-electron chi connectivity index (χ1n) is 5.78. The fourth-order valence-corrected chi connectivity index (χ4v) is 1.96. The summed E-state index contributed by atoms with van der Waals surface area (Å²) in [6.07, 6.45) is 0.945. The van der Waals surface area contributed by atoms with Gasteiger partial charge in [-0.05, 0) is 25.0 Å². The molecule has 0 saturated heterocycles. The number of benzene rings is 1. The van der Waals surface area contributed by atoms with E-state index < -0.39 is 0 Å². The number of carbonyl (C=O) groups is 2. The van der Waals surface area contributed by atoms with Crippen LogP contribution >= 0.6 is 0 Å². The normalized spacial score (nSPS) is 16.9. The molecule has 2 amide bonds. The van der Waals surface area contributed by atoms with Crippen molar-refractivity contribution in [1.82, 2.24) is 4.90 Å². The number of nitrogens with zero attached hydrogens (tertiary/aromatic N) is 1. The molecule has 90 valence electrons. The minimum Gasteiger partial charge on any atom is -0.328 e. The molecule has 0 radical (unpaired) electrons. The van der Waals surface area contributed by atoms with Gasteiger partial charge in [-0.3, -0.25) is 14.5 Å². The Labute approximate surface area is 100 Å². The van der Waals surface area contributed by atoms with Gasteiger partial charge in [0.2, 0.25) is 5.91 Å². The van der Waals surface area contributed by atoms with Crippen LogP contribution in [0.25, 0.3) is 0 Å². The van der Waals surface area contributed by atoms with E-state index in [9.17, 15) is 9.59 Å². The lowest BCUT2D eigenvalue weighted by Crippen LogP contribution is -2.43. The third kappa shape index (κ3) is 2.36. The summed E-state index contributed by atoms with van der Waals surface area (Å²) >= 11 is 0. The molecule has 4 nitrogen and oxygen atoms in total. The predicted octanol–water partition coefficient (Wildman–Crippen LogP) is 0.949. The van der Waals surface area contributed by atoms with Gasteiger partial charge in [-0.1, -0.05) is 18.2 Å². The standard InChI is InChI=1S/C13H16N2O2/c1-9(14)6-7-15-12(16)8-10-4-2-3-5-11(10)13(15)17/h2-5,9H,6-8,14H2,1H3. The van der Waals surface area contributed by atoms with Crippen LogP contribution in [0.3, 0.4) is 0 Å². The zero-order chi connectivity index (χ0) is 12.4. The van der Waals surface area contributed by atoms with Gasteiger partial charge in [0, 0.05) is 18.2 Å². The Kier molecular flexibility index (Phi) is 3.24. The van der Waals surface area contributed by atoms with Crippen molar-refractivity contribution in [3.8, 4) is 0 Å². The van der Waals surface area contributed by atoms with E-state index in [4.69, 9.17) is 5.73 Å². The van der Waals surface area contributed by atoms with Crippen molar-refractivity contribution in [2.45, 2.75) is 25.8 Å². The van der Waals surface area contributed by atoms with Crippen molar-refractivity contribution in [3.05, 3.63) is 35.4 Å². The van der Waals surface area contributed by atoms with E-state index in [2.05, 4.69) is 0 Å². The fraction of sp³-hybridized carbons (Fsp3) is 0.385. The van der Waals surface area contributed by atoms with Crippen molar-refractivity contribution in [1.29, 1.82) is 0 Å². The van der Waals surface area contributed by atoms with Gasteiger partial charge in [0.15, 0.2) is 0 Å². The highest BCUT2D eigenvalue weighted by molar-refractivity contribution is 6.09. The molecule has 1 aromatic rings. The van der Waals surface area contributed by atoms with Crippen molar-refractivity contribution in [3.63, 3.8) is 0 Å². The SMILES string of the molecule is CC(N)CCN1C(=O)Cc2ccccc2C1=O. The average Bonchev–Trinajstić information content (AvgIpc) is 2.28. The molecular weight excluding hydrogens is 216 g/mol. The molecule has 1 aliphatic rings. The van der Waals surface area contributed by atoms with E-state index in [1.165, 1.54) is 4.90 Å². The molecule has 0 spiro atoms. The Morgan fingerprint density at radius 1 is 1.35 bits per heavy atom. The van der Waals surface area contributed by atoms with Gasteiger partial charge in [0.1, 0.15) is 0 Å². The first kappa shape index (κ1) is 11.8. The largest absolute Gasteiger partial charge is 0.328 e. The van der Waals surface area contributed by atoms with Gasteiger partial charge < -0.3 is 5.73 Å². The van der Waals surface area contributed by atoms with E-state index in [0.29, 0.717) is 24.9 Å². The van der Waals surface area contributed by atoms with Crippen LogP contribution in [0.4, 0.5) is 0 Å². The maximum Gasteiger partial charge on any atom is 0.260 e. The number of fused-ring (bicyclic) bond motifs is 1. The van der Waals surface area contributed by atoms with Crippen LogP contribution in [0, 0.1) is 0 Å². The molecule has 0 bridgehead atoms. The minimum atomic E-state index is -0.197. The summed E-state index contributed by atoms with van der Waals surface area (Å²) in [4.78, 5) is 25.3. The van der Waals surface area contributed by atoms with Gasteiger partial charge in [-0.25, -0.2) is 0 Å². The number of carbonyl (C=O) groups excluding carboxylic acids is 2. The van der Waals surface area contributed by atoms with Gasteiger partial charge in [0.25, 0.3) is 5.91 Å². The maximum absolute atomic E-state index is 12.1. The second kappa shape index (κ2) is 4.67. The summed E-state index contributed by atoms with van der Waals surface area (Å²) in [5.41, 5.74) is 7.10. The highest BCUT2D eigenvalue weighted by Gasteiger charge is 2.30. The first-order chi connectivity index (χ1) is 8.09. The Bertz CT molecular complexity index is 454. The molecular formula is C13H16N2O2. The lowest BCUT2D eigenvalue weighted by Gasteiger charge is -2.27. The number of nitrogens with two attached hydrogens (primary N) is 1. The van der Waals surface area contributed by atoms with E-state index in [1.54, 1.807) is 6.07 Å². The van der Waals surface area contributed by atoms with E-state index in [-0.39, 0.29) is 17.9 Å². The molecule has 1 unspecified atom stereocenters. The fourth-order valence-electron chi connectivity index (χ4n) is 1.96. The van der Waals surface area contributed by atoms with Crippen LogP contribution in [0.15, 0.2) is 24.3 Å². The summed E-state index contributed by atoms with van der Waals surface area (Å²) in [7, 11) is 0. The molecule has 2 N–H and O–H groups in total. The summed E-state index contributed by atoms with van der Waals surface area (Å²) in [6, 6.07) is 7.25. The first-order valence-corrected chi connectivity index (χ1v) is 5.78. The number of hydrogen-bond acceptors (Lipinski definition) is 3. The maximum atomic E-state index is 12.1. The highest BCUT2D eigenvalue weighted by Crippen LogP contribution is 2.19. The van der Waals surface area contributed by atoms with Gasteiger partial charge in [0.05, 0.1) is 6.42 Å². The zero-order valence-corrected chi connectivity index (χ0v) is 9.85. The number of imide groups is 1. The van der Waals surface area contributed by atoms with Crippen molar-refractivity contribution in [2.24, 2.45) is 5.73 Å². The van der Waals surface area contributed by atoms with Gasteiger partial charge in [-0.2, -0.15) is 0 Å². The second-order valence-electron chi connectivity index (χ2n) is 4.45. The molecule has 17 heavy (non-hydrogen) atoms. The van der Waals surface area contributed by atoms with Crippen LogP contribution in [0.2, 0.25) is 0 Å². The molecule has 1 aromatic carbocycles. The molecule has 1 atom stereocenters. The summed E-state index contributed by atoms with van der Waals surface area (Å²) in [6.45, 7) is 2.27. The Hall–Kier alpha value is -1.68. The van der Waals surface area contributed by atoms with Crippen molar-refractivity contribution >= 4 is 11.8 Å². The lowest BCUT2D eigenvalue weighted by atomic mass is 9.98. The predicted molar refractivity (Wildman–Crippen MR) is 64.5 cm³/mol. The summed E-state index contributed by atoms with van der Waals surface area (Å²) < 4.78 is 0. The van der Waals surface area contributed by atoms with Crippen LogP contribution in [0.5, 0.6) is 0 Å². The van der Waals surface area contributed by atoms with Crippen LogP contribution < -0.4 is 5.73 Å². The molecule has 0 fully saturated rings. The molecule has 2 rings (SSSR count). The van der Waals surface area contributed by atoms with Crippen LogP contribution in [-0.2, 0) is 11.2 Å². The number of rotatable bonds is 3. The highest BCUT2D eigenvalue weighted by atomic mass is 16.2. The molecule has 1 aliphatic heterocycles. The Morgan fingerprint density at radius 2 is 2.06 bits per heavy atom. The van der Waals surface area contributed by atoms with Gasteiger partial charge >= 0.3 is 0 Å².